The Labute approximate surface area is 129 Å². The molecule has 0 atom stereocenters. The molecular weight excluding hydrogens is 276 g/mol. The van der Waals surface area contributed by atoms with Crippen molar-refractivity contribution < 1.29 is 9.59 Å². The van der Waals surface area contributed by atoms with Gasteiger partial charge in [-0.15, -0.1) is 0 Å². The molecule has 0 aromatic heterocycles. The maximum absolute atomic E-state index is 12.3. The van der Waals surface area contributed by atoms with E-state index in [1.54, 1.807) is 6.08 Å². The SMILES string of the molecule is CC(=O)N/C(=C\c1ccccc1)C(=O)NCc1ccccc1. The number of hydrogen-bond donors (Lipinski definition) is 2. The van der Waals surface area contributed by atoms with Crippen LogP contribution in [0.25, 0.3) is 6.08 Å². The van der Waals surface area contributed by atoms with Crippen LogP contribution >= 0.6 is 0 Å². The quantitative estimate of drug-likeness (QED) is 0.832. The second-order valence-electron chi connectivity index (χ2n) is 4.82. The van der Waals surface area contributed by atoms with Crippen molar-refractivity contribution in [3.05, 3.63) is 77.5 Å². The van der Waals surface area contributed by atoms with Gasteiger partial charge in [0.1, 0.15) is 5.70 Å². The number of carbonyl (C=O) groups excluding carboxylic acids is 2. The molecule has 0 radical (unpaired) electrons. The number of carbonyl (C=O) groups is 2. The van der Waals surface area contributed by atoms with Crippen molar-refractivity contribution in [2.24, 2.45) is 0 Å². The molecule has 22 heavy (non-hydrogen) atoms. The van der Waals surface area contributed by atoms with Crippen LogP contribution in [-0.4, -0.2) is 11.8 Å². The molecule has 2 aromatic carbocycles. The van der Waals surface area contributed by atoms with Gasteiger partial charge in [-0.3, -0.25) is 9.59 Å². The molecule has 0 saturated heterocycles. The molecule has 0 spiro atoms. The molecule has 0 unspecified atom stereocenters. The van der Waals surface area contributed by atoms with Gasteiger partial charge in [-0.05, 0) is 17.2 Å². The lowest BCUT2D eigenvalue weighted by Crippen LogP contribution is -2.33. The van der Waals surface area contributed by atoms with Gasteiger partial charge in [-0.25, -0.2) is 0 Å². The van der Waals surface area contributed by atoms with Crippen LogP contribution in [-0.2, 0) is 16.1 Å². The highest BCUT2D eigenvalue weighted by molar-refractivity contribution is 6.00. The standard InChI is InChI=1S/C18H18N2O2/c1-14(21)20-17(12-15-8-4-2-5-9-15)18(22)19-13-16-10-6-3-7-11-16/h2-12H,13H2,1H3,(H,19,22)(H,20,21)/b17-12-. The molecule has 4 nitrogen and oxygen atoms in total. The van der Waals surface area contributed by atoms with Gasteiger partial charge in [0.25, 0.3) is 5.91 Å². The Kier molecular flexibility index (Phi) is 5.49. The summed E-state index contributed by atoms with van der Waals surface area (Å²) in [7, 11) is 0. The van der Waals surface area contributed by atoms with Gasteiger partial charge in [0.15, 0.2) is 0 Å². The zero-order valence-electron chi connectivity index (χ0n) is 12.4. The maximum Gasteiger partial charge on any atom is 0.268 e. The second kappa shape index (κ2) is 7.78. The van der Waals surface area contributed by atoms with E-state index in [1.807, 2.05) is 60.7 Å². The summed E-state index contributed by atoms with van der Waals surface area (Å²) in [5.41, 5.74) is 2.08. The molecule has 0 aliphatic rings. The average molecular weight is 294 g/mol. The van der Waals surface area contributed by atoms with Gasteiger partial charge < -0.3 is 10.6 Å². The summed E-state index contributed by atoms with van der Waals surface area (Å²) in [6.07, 6.45) is 1.65. The van der Waals surface area contributed by atoms with Crippen molar-refractivity contribution in [1.82, 2.24) is 10.6 Å². The molecule has 0 heterocycles. The summed E-state index contributed by atoms with van der Waals surface area (Å²) in [6.45, 7) is 1.79. The highest BCUT2D eigenvalue weighted by Gasteiger charge is 2.10. The molecule has 0 bridgehead atoms. The first-order valence-corrected chi connectivity index (χ1v) is 7.01. The molecular formula is C18H18N2O2. The molecule has 2 N–H and O–H groups in total. The zero-order chi connectivity index (χ0) is 15.8. The molecule has 2 aromatic rings. The van der Waals surface area contributed by atoms with Crippen LogP contribution in [0.5, 0.6) is 0 Å². The van der Waals surface area contributed by atoms with Gasteiger partial charge >= 0.3 is 0 Å². The molecule has 0 aliphatic carbocycles. The van der Waals surface area contributed by atoms with E-state index < -0.39 is 0 Å². The number of nitrogens with one attached hydrogen (secondary N) is 2. The van der Waals surface area contributed by atoms with Crippen LogP contribution in [0.15, 0.2) is 66.4 Å². The van der Waals surface area contributed by atoms with E-state index in [-0.39, 0.29) is 17.5 Å². The fourth-order valence-electron chi connectivity index (χ4n) is 1.94. The Bertz CT molecular complexity index is 664. The zero-order valence-corrected chi connectivity index (χ0v) is 12.4. The predicted octanol–water partition coefficient (Wildman–Crippen LogP) is 2.48. The third kappa shape index (κ3) is 4.90. The second-order valence-corrected chi connectivity index (χ2v) is 4.82. The highest BCUT2D eigenvalue weighted by atomic mass is 16.2. The molecule has 2 amide bonds. The first kappa shape index (κ1) is 15.5. The summed E-state index contributed by atoms with van der Waals surface area (Å²) in [6, 6.07) is 19.0. The summed E-state index contributed by atoms with van der Waals surface area (Å²) in [5, 5.41) is 5.38. The monoisotopic (exact) mass is 294 g/mol. The van der Waals surface area contributed by atoms with E-state index in [0.29, 0.717) is 6.54 Å². The minimum atomic E-state index is -0.317. The first-order valence-electron chi connectivity index (χ1n) is 7.01. The van der Waals surface area contributed by atoms with Crippen LogP contribution in [0, 0.1) is 0 Å². The van der Waals surface area contributed by atoms with Crippen LogP contribution in [0.3, 0.4) is 0 Å². The van der Waals surface area contributed by atoms with Gasteiger partial charge in [0.2, 0.25) is 5.91 Å². The lowest BCUT2D eigenvalue weighted by molar-refractivity contribution is -0.122. The topological polar surface area (TPSA) is 58.2 Å². The van der Waals surface area contributed by atoms with Crippen LogP contribution in [0.1, 0.15) is 18.1 Å². The van der Waals surface area contributed by atoms with Crippen molar-refractivity contribution in [3.63, 3.8) is 0 Å². The molecule has 2 rings (SSSR count). The molecule has 0 aliphatic heterocycles. The average Bonchev–Trinajstić information content (AvgIpc) is 2.53. The fraction of sp³-hybridized carbons (Fsp3) is 0.111. The van der Waals surface area contributed by atoms with Gasteiger partial charge in [0, 0.05) is 13.5 Å². The van der Waals surface area contributed by atoms with Crippen molar-refractivity contribution in [3.8, 4) is 0 Å². The van der Waals surface area contributed by atoms with Crippen LogP contribution < -0.4 is 10.6 Å². The fourth-order valence-corrected chi connectivity index (χ4v) is 1.94. The minimum absolute atomic E-state index is 0.231. The first-order chi connectivity index (χ1) is 10.6. The van der Waals surface area contributed by atoms with Gasteiger partial charge in [-0.2, -0.15) is 0 Å². The van der Waals surface area contributed by atoms with Crippen molar-refractivity contribution in [1.29, 1.82) is 0 Å². The summed E-state index contributed by atoms with van der Waals surface area (Å²) in [4.78, 5) is 23.6. The van der Waals surface area contributed by atoms with Gasteiger partial charge in [-0.1, -0.05) is 60.7 Å². The van der Waals surface area contributed by atoms with Crippen molar-refractivity contribution in [2.45, 2.75) is 13.5 Å². The van der Waals surface area contributed by atoms with E-state index in [2.05, 4.69) is 10.6 Å². The Morgan fingerprint density at radius 1 is 0.955 bits per heavy atom. The lowest BCUT2D eigenvalue weighted by atomic mass is 10.2. The Morgan fingerprint density at radius 2 is 1.55 bits per heavy atom. The van der Waals surface area contributed by atoms with Crippen molar-refractivity contribution in [2.75, 3.05) is 0 Å². The minimum Gasteiger partial charge on any atom is -0.347 e. The van der Waals surface area contributed by atoms with Crippen LogP contribution in [0.4, 0.5) is 0 Å². The van der Waals surface area contributed by atoms with Crippen molar-refractivity contribution >= 4 is 17.9 Å². The molecule has 0 fully saturated rings. The third-order valence-electron chi connectivity index (χ3n) is 2.96. The van der Waals surface area contributed by atoms with E-state index in [1.165, 1.54) is 6.92 Å². The summed E-state index contributed by atoms with van der Waals surface area (Å²) < 4.78 is 0. The number of benzene rings is 2. The van der Waals surface area contributed by atoms with E-state index in [4.69, 9.17) is 0 Å². The molecule has 4 heteroatoms. The Hall–Kier alpha value is -2.88. The number of rotatable bonds is 5. The largest absolute Gasteiger partial charge is 0.347 e. The van der Waals surface area contributed by atoms with Crippen LogP contribution in [0.2, 0.25) is 0 Å². The molecule has 0 saturated carbocycles. The van der Waals surface area contributed by atoms with E-state index in [9.17, 15) is 9.59 Å². The molecule has 112 valence electrons. The summed E-state index contributed by atoms with van der Waals surface area (Å²) >= 11 is 0. The van der Waals surface area contributed by atoms with E-state index >= 15 is 0 Å². The predicted molar refractivity (Wildman–Crippen MR) is 86.5 cm³/mol. The normalized spacial score (nSPS) is 10.9. The number of hydrogen-bond acceptors (Lipinski definition) is 2. The highest BCUT2D eigenvalue weighted by Crippen LogP contribution is 2.06. The Balaban J connectivity index is 2.09. The third-order valence-corrected chi connectivity index (χ3v) is 2.96. The smallest absolute Gasteiger partial charge is 0.268 e. The number of amides is 2. The van der Waals surface area contributed by atoms with Gasteiger partial charge in [0.05, 0.1) is 0 Å². The summed E-state index contributed by atoms with van der Waals surface area (Å²) in [5.74, 6) is -0.597. The lowest BCUT2D eigenvalue weighted by Gasteiger charge is -2.10. The Morgan fingerprint density at radius 3 is 2.14 bits per heavy atom. The van der Waals surface area contributed by atoms with E-state index in [0.717, 1.165) is 11.1 Å². The maximum atomic E-state index is 12.3.